The van der Waals surface area contributed by atoms with Crippen LogP contribution in [0.25, 0.3) is 0 Å². The minimum Gasteiger partial charge on any atom is -0.484 e. The third kappa shape index (κ3) is 8.23. The molecule has 0 aliphatic rings. The third-order valence-electron chi connectivity index (χ3n) is 3.66. The van der Waals surface area contributed by atoms with E-state index < -0.39 is 0 Å². The Kier molecular flexibility index (Phi) is 9.31. The Morgan fingerprint density at radius 1 is 1.16 bits per heavy atom. The van der Waals surface area contributed by atoms with Crippen LogP contribution in [0.15, 0.2) is 24.3 Å². The van der Waals surface area contributed by atoms with Gasteiger partial charge in [0.25, 0.3) is 5.91 Å². The topological polar surface area (TPSA) is 59.1 Å². The van der Waals surface area contributed by atoms with Crippen LogP contribution in [0.2, 0.25) is 5.02 Å². The molecule has 0 saturated carbocycles. The molecule has 0 radical (unpaired) electrons. The maximum Gasteiger partial charge on any atom is 0.310 e. The molecule has 0 aliphatic heterocycles. The molecule has 1 amide bonds. The molecule has 0 aromatic heterocycles. The van der Waals surface area contributed by atoms with Crippen molar-refractivity contribution < 1.29 is 19.1 Å². The van der Waals surface area contributed by atoms with Crippen LogP contribution in [-0.4, -0.2) is 69.1 Å². The molecule has 1 rings (SSSR count). The summed E-state index contributed by atoms with van der Waals surface area (Å²) in [5, 5.41) is 0.607. The quantitative estimate of drug-likeness (QED) is 0.591. The molecule has 0 N–H and O–H groups in total. The van der Waals surface area contributed by atoms with Gasteiger partial charge in [-0.3, -0.25) is 9.59 Å². The summed E-state index contributed by atoms with van der Waals surface area (Å²) in [6.45, 7) is 3.38. The molecule has 0 fully saturated rings. The molecule has 1 aromatic carbocycles. The predicted molar refractivity (Wildman–Crippen MR) is 97.9 cm³/mol. The number of methoxy groups -OCH3 is 1. The fraction of sp³-hybridized carbons (Fsp3) is 0.556. The van der Waals surface area contributed by atoms with Crippen molar-refractivity contribution in [1.82, 2.24) is 9.80 Å². The van der Waals surface area contributed by atoms with Crippen molar-refractivity contribution in [2.45, 2.75) is 13.3 Å². The van der Waals surface area contributed by atoms with E-state index in [4.69, 9.17) is 21.1 Å². The largest absolute Gasteiger partial charge is 0.484 e. The number of amides is 1. The number of nitrogens with zero attached hydrogens (tertiary/aromatic N) is 2. The van der Waals surface area contributed by atoms with E-state index in [2.05, 4.69) is 4.90 Å². The number of esters is 1. The van der Waals surface area contributed by atoms with Crippen molar-refractivity contribution in [3.8, 4) is 5.75 Å². The van der Waals surface area contributed by atoms with Crippen LogP contribution >= 0.6 is 11.6 Å². The number of hydrogen-bond donors (Lipinski definition) is 0. The van der Waals surface area contributed by atoms with Gasteiger partial charge in [-0.2, -0.15) is 0 Å². The number of benzene rings is 1. The zero-order valence-corrected chi connectivity index (χ0v) is 16.1. The van der Waals surface area contributed by atoms with Gasteiger partial charge in [-0.1, -0.05) is 18.5 Å². The second kappa shape index (κ2) is 10.9. The van der Waals surface area contributed by atoms with Crippen LogP contribution in [0.1, 0.15) is 13.3 Å². The Morgan fingerprint density at radius 3 is 2.36 bits per heavy atom. The highest BCUT2D eigenvalue weighted by Gasteiger charge is 2.21. The van der Waals surface area contributed by atoms with E-state index >= 15 is 0 Å². The predicted octanol–water partition coefficient (Wildman–Crippen LogP) is 2.31. The zero-order chi connectivity index (χ0) is 18.8. The first-order chi connectivity index (χ1) is 11.8. The first-order valence-electron chi connectivity index (χ1n) is 8.22. The van der Waals surface area contributed by atoms with Crippen molar-refractivity contribution in [1.29, 1.82) is 0 Å². The molecular weight excluding hydrogens is 344 g/mol. The van der Waals surface area contributed by atoms with E-state index in [-0.39, 0.29) is 24.4 Å². The summed E-state index contributed by atoms with van der Waals surface area (Å²) in [6, 6.07) is 6.83. The number of rotatable bonds is 10. The van der Waals surface area contributed by atoms with Crippen LogP contribution < -0.4 is 4.74 Å². The molecule has 0 spiro atoms. The summed E-state index contributed by atoms with van der Waals surface area (Å²) in [7, 11) is 5.31. The van der Waals surface area contributed by atoms with Crippen molar-refractivity contribution in [2.24, 2.45) is 5.92 Å². The SMILES string of the molecule is COC(=O)C(C)CN(CCCN(C)C)C(=O)COc1ccc(Cl)cc1. The smallest absolute Gasteiger partial charge is 0.310 e. The molecular formula is C18H27ClN2O4. The Balaban J connectivity index is 2.62. The van der Waals surface area contributed by atoms with Crippen molar-refractivity contribution in [3.63, 3.8) is 0 Å². The van der Waals surface area contributed by atoms with Crippen molar-refractivity contribution >= 4 is 23.5 Å². The lowest BCUT2D eigenvalue weighted by Crippen LogP contribution is -2.41. The van der Waals surface area contributed by atoms with Crippen LogP contribution in [0, 0.1) is 5.92 Å². The van der Waals surface area contributed by atoms with Crippen molar-refractivity contribution in [3.05, 3.63) is 29.3 Å². The van der Waals surface area contributed by atoms with E-state index in [1.54, 1.807) is 36.1 Å². The standard InChI is InChI=1S/C18H27ClN2O4/c1-14(18(23)24-4)12-21(11-5-10-20(2)3)17(22)13-25-16-8-6-15(19)7-9-16/h6-9,14H,5,10-13H2,1-4H3. The molecule has 0 aliphatic carbocycles. The zero-order valence-electron chi connectivity index (χ0n) is 15.3. The molecule has 1 unspecified atom stereocenters. The van der Waals surface area contributed by atoms with Crippen LogP contribution in [0.3, 0.4) is 0 Å². The van der Waals surface area contributed by atoms with Crippen LogP contribution in [-0.2, 0) is 14.3 Å². The first-order valence-corrected chi connectivity index (χ1v) is 8.60. The normalized spacial score (nSPS) is 11.9. The minimum atomic E-state index is -0.385. The van der Waals surface area contributed by atoms with Gasteiger partial charge in [-0.05, 0) is 51.3 Å². The van der Waals surface area contributed by atoms with E-state index in [0.29, 0.717) is 23.9 Å². The molecule has 6 nitrogen and oxygen atoms in total. The Hall–Kier alpha value is -1.79. The molecule has 0 saturated heterocycles. The van der Waals surface area contributed by atoms with E-state index in [1.165, 1.54) is 7.11 Å². The number of halogens is 1. The summed E-state index contributed by atoms with van der Waals surface area (Å²) in [4.78, 5) is 27.9. The fourth-order valence-electron chi connectivity index (χ4n) is 2.27. The van der Waals surface area contributed by atoms with Gasteiger partial charge in [0.05, 0.1) is 13.0 Å². The summed E-state index contributed by atoms with van der Waals surface area (Å²) in [5.41, 5.74) is 0. The molecule has 0 heterocycles. The lowest BCUT2D eigenvalue weighted by molar-refractivity contribution is -0.146. The molecule has 140 valence electrons. The summed E-state index contributed by atoms with van der Waals surface area (Å²) >= 11 is 5.83. The first kappa shape index (κ1) is 21.3. The van der Waals surface area contributed by atoms with E-state index in [0.717, 1.165) is 13.0 Å². The lowest BCUT2D eigenvalue weighted by Gasteiger charge is -2.25. The monoisotopic (exact) mass is 370 g/mol. The second-order valence-corrected chi connectivity index (χ2v) is 6.60. The average Bonchev–Trinajstić information content (AvgIpc) is 2.58. The minimum absolute atomic E-state index is 0.0858. The lowest BCUT2D eigenvalue weighted by atomic mass is 10.1. The summed E-state index contributed by atoms with van der Waals surface area (Å²) < 4.78 is 10.3. The van der Waals surface area contributed by atoms with Gasteiger partial charge in [-0.15, -0.1) is 0 Å². The highest BCUT2D eigenvalue weighted by molar-refractivity contribution is 6.30. The Bertz CT molecular complexity index is 549. The highest BCUT2D eigenvalue weighted by atomic mass is 35.5. The Morgan fingerprint density at radius 2 is 1.80 bits per heavy atom. The van der Waals surface area contributed by atoms with Gasteiger partial charge in [0.1, 0.15) is 5.75 Å². The fourth-order valence-corrected chi connectivity index (χ4v) is 2.40. The number of carbonyl (C=O) groups excluding carboxylic acids is 2. The number of ether oxygens (including phenoxy) is 2. The molecule has 25 heavy (non-hydrogen) atoms. The third-order valence-corrected chi connectivity index (χ3v) is 3.91. The van der Waals surface area contributed by atoms with Gasteiger partial charge in [0.15, 0.2) is 6.61 Å². The average molecular weight is 371 g/mol. The van der Waals surface area contributed by atoms with Gasteiger partial charge >= 0.3 is 5.97 Å². The van der Waals surface area contributed by atoms with Gasteiger partial charge in [-0.25, -0.2) is 0 Å². The molecule has 0 bridgehead atoms. The summed E-state index contributed by atoms with van der Waals surface area (Å²) in [6.07, 6.45) is 0.813. The Labute approximate surface area is 154 Å². The van der Waals surface area contributed by atoms with Gasteiger partial charge < -0.3 is 19.3 Å². The van der Waals surface area contributed by atoms with Crippen molar-refractivity contribution in [2.75, 3.05) is 47.4 Å². The van der Waals surface area contributed by atoms with E-state index in [9.17, 15) is 9.59 Å². The number of hydrogen-bond acceptors (Lipinski definition) is 5. The maximum atomic E-state index is 12.5. The van der Waals surface area contributed by atoms with Gasteiger partial charge in [0, 0.05) is 18.1 Å². The van der Waals surface area contributed by atoms with Crippen LogP contribution in [0.5, 0.6) is 5.75 Å². The highest BCUT2D eigenvalue weighted by Crippen LogP contribution is 2.15. The molecule has 1 aromatic rings. The maximum absolute atomic E-state index is 12.5. The molecule has 1 atom stereocenters. The van der Waals surface area contributed by atoms with Crippen LogP contribution in [0.4, 0.5) is 0 Å². The number of carbonyl (C=O) groups is 2. The second-order valence-electron chi connectivity index (χ2n) is 6.16. The van der Waals surface area contributed by atoms with E-state index in [1.807, 2.05) is 14.1 Å². The molecule has 7 heteroatoms. The van der Waals surface area contributed by atoms with Gasteiger partial charge in [0.2, 0.25) is 0 Å². The summed E-state index contributed by atoms with van der Waals surface area (Å²) in [5.74, 6) is -0.302.